The molecule has 16 nitrogen and oxygen atoms in total. The van der Waals surface area contributed by atoms with Gasteiger partial charge in [-0.3, -0.25) is 19.4 Å². The largest absolute Gasteiger partial charge is 0.465 e. The first-order chi connectivity index (χ1) is 31.6. The van der Waals surface area contributed by atoms with Crippen LogP contribution in [0.4, 0.5) is 20.1 Å². The van der Waals surface area contributed by atoms with Gasteiger partial charge in [-0.2, -0.15) is 0 Å². The lowest BCUT2D eigenvalue weighted by molar-refractivity contribution is -0.138. The summed E-state index contributed by atoms with van der Waals surface area (Å²) in [4.78, 5) is 80.0. The number of nitrogens with zero attached hydrogens (tertiary/aromatic N) is 5. The number of aliphatic hydroxyl groups is 1. The Hall–Kier alpha value is -6.42. The number of unbranched alkanes of at least 4 members (excludes halogenated alkanes) is 2. The minimum absolute atomic E-state index is 0.0358. The summed E-state index contributed by atoms with van der Waals surface area (Å²) in [5, 5.41) is 34.4. The summed E-state index contributed by atoms with van der Waals surface area (Å²) in [6.45, 7) is 8.38. The zero-order valence-electron chi connectivity index (χ0n) is 38.7. The van der Waals surface area contributed by atoms with Crippen LogP contribution in [0.1, 0.15) is 120 Å². The number of carboxylic acid groups (broad SMARTS) is 2. The summed E-state index contributed by atoms with van der Waals surface area (Å²) in [7, 11) is 2.63. The number of likely N-dealkylation sites (N-methyl/N-ethyl adjacent to an activating group) is 1. The van der Waals surface area contributed by atoms with E-state index < -0.39 is 54.0 Å². The first-order valence-electron chi connectivity index (χ1n) is 23.2. The molecule has 16 heteroatoms. The van der Waals surface area contributed by atoms with Crippen LogP contribution in [0, 0.1) is 5.92 Å². The van der Waals surface area contributed by atoms with E-state index >= 15 is 0 Å². The fraction of sp³-hybridized carbons (Fsp3) is 0.480. The van der Waals surface area contributed by atoms with E-state index in [1.165, 1.54) is 24.0 Å². The molecule has 2 aliphatic heterocycles. The maximum atomic E-state index is 14.4. The molecule has 0 spiro atoms. The topological polar surface area (TPSA) is 209 Å². The molecule has 3 aromatic carbocycles. The number of carbonyl (C=O) groups is 5. The van der Waals surface area contributed by atoms with Gasteiger partial charge < -0.3 is 40.2 Å². The molecule has 66 heavy (non-hydrogen) atoms. The number of aromatic amines is 1. The molecule has 352 valence electrons. The smallest absolute Gasteiger partial charge is 0.413 e. The Bertz CT molecular complexity index is 2410. The molecule has 5 N–H and O–H groups in total. The quantitative estimate of drug-likeness (QED) is 0.0724. The Labute approximate surface area is 385 Å². The van der Waals surface area contributed by atoms with Crippen molar-refractivity contribution in [2.24, 2.45) is 5.92 Å². The number of hydrogen-bond donors (Lipinski definition) is 5. The van der Waals surface area contributed by atoms with E-state index in [2.05, 4.69) is 42.3 Å². The minimum atomic E-state index is -1.29. The number of aromatic nitrogens is 2. The Morgan fingerprint density at radius 3 is 2.20 bits per heavy atom. The van der Waals surface area contributed by atoms with Crippen LogP contribution in [-0.2, 0) is 19.7 Å². The van der Waals surface area contributed by atoms with Crippen LogP contribution in [0.15, 0.2) is 72.9 Å². The molecule has 5 amide bonds. The fourth-order valence-electron chi connectivity index (χ4n) is 10.5. The number of methoxy groups -OCH3 is 1. The summed E-state index contributed by atoms with van der Waals surface area (Å²) in [5.41, 5.74) is 6.24. The van der Waals surface area contributed by atoms with Crippen LogP contribution in [0.5, 0.6) is 0 Å². The van der Waals surface area contributed by atoms with Gasteiger partial charge >= 0.3 is 18.3 Å². The van der Waals surface area contributed by atoms with E-state index in [1.54, 1.807) is 47.5 Å². The maximum absolute atomic E-state index is 14.4. The number of carbonyl (C=O) groups excluding carboxylic acids is 3. The predicted molar refractivity (Wildman–Crippen MR) is 249 cm³/mol. The first kappa shape index (κ1) is 47.5. The zero-order chi connectivity index (χ0) is 47.4. The van der Waals surface area contributed by atoms with Crippen molar-refractivity contribution < 1.29 is 44.0 Å². The van der Waals surface area contributed by atoms with E-state index in [-0.39, 0.29) is 30.8 Å². The maximum Gasteiger partial charge on any atom is 0.413 e. The van der Waals surface area contributed by atoms with Crippen molar-refractivity contribution in [2.75, 3.05) is 32.1 Å². The van der Waals surface area contributed by atoms with E-state index in [0.717, 1.165) is 83.4 Å². The molecule has 3 aliphatic rings. The summed E-state index contributed by atoms with van der Waals surface area (Å²) >= 11 is 0. The summed E-state index contributed by atoms with van der Waals surface area (Å²) in [5.74, 6) is -0.406. The van der Waals surface area contributed by atoms with Crippen LogP contribution in [0.3, 0.4) is 0 Å². The minimum Gasteiger partial charge on any atom is -0.465 e. The third-order valence-corrected chi connectivity index (χ3v) is 13.8. The number of rotatable bonds is 16. The van der Waals surface area contributed by atoms with Crippen molar-refractivity contribution in [1.29, 1.82) is 0 Å². The summed E-state index contributed by atoms with van der Waals surface area (Å²) < 4.78 is 4.85. The molecule has 0 saturated carbocycles. The average molecular weight is 906 g/mol. The number of β-amino-alcohol motifs (C(OH)–C–C–N with tert-alkyl or cyclic N) is 1. The van der Waals surface area contributed by atoms with Gasteiger partial charge in [-0.05, 0) is 83.2 Å². The second kappa shape index (κ2) is 20.0. The SMILES string of the molecule is CCCCC1(CCCC)c2cc(-c3cnc([C@@H]4CCCN4C(=O)[C@H](C(C)C)N(C)C(=O)O)[nH]3)ccc2-c2ccc(N(C(=O)O)[C@H]3C[C@@H](O)CN3C(=O)[C@H](NC(=O)OC)c3ccccc3)cc21. The molecule has 7 rings (SSSR count). The van der Waals surface area contributed by atoms with Crippen molar-refractivity contribution in [2.45, 2.75) is 121 Å². The van der Waals surface area contributed by atoms with E-state index in [4.69, 9.17) is 9.72 Å². The fourth-order valence-corrected chi connectivity index (χ4v) is 10.5. The van der Waals surface area contributed by atoms with Gasteiger partial charge in [-0.1, -0.05) is 102 Å². The van der Waals surface area contributed by atoms with Gasteiger partial charge in [-0.15, -0.1) is 0 Å². The van der Waals surface area contributed by atoms with E-state index in [9.17, 15) is 39.3 Å². The Kier molecular flexibility index (Phi) is 14.4. The highest BCUT2D eigenvalue weighted by molar-refractivity contribution is 5.93. The van der Waals surface area contributed by atoms with Gasteiger partial charge in [0.1, 0.15) is 24.1 Å². The van der Waals surface area contributed by atoms with Crippen LogP contribution in [0.25, 0.3) is 22.4 Å². The molecule has 1 aromatic heterocycles. The molecule has 0 radical (unpaired) electrons. The summed E-state index contributed by atoms with van der Waals surface area (Å²) in [6.07, 6.45) is 3.17. The second-order valence-electron chi connectivity index (χ2n) is 18.2. The van der Waals surface area contributed by atoms with Crippen molar-refractivity contribution in [1.82, 2.24) is 30.0 Å². The van der Waals surface area contributed by atoms with Crippen LogP contribution >= 0.6 is 0 Å². The number of alkyl carbamates (subject to hydrolysis) is 1. The standard InChI is InChI=1S/C50H63N7O9/c1-7-9-22-50(23-10-8-2)37-25-32(39-28-51-44(52-39)40-17-14-24-55(40)46(60)43(30(3)4)54(5)48(62)63)18-20-35(37)36-21-19-33(26-38(36)50)57(49(64)65)41-27-34(58)29-56(41)45(59)42(53-47(61)66-6)31-15-12-11-13-16-31/h11-13,15-16,18-21,25-26,28,30,34,40-43,58H,7-10,14,17,22-24,27,29H2,1-6H3,(H,51,52)(H,53,61)(H,62,63)(H,64,65)/t34-,40+,41+,42-,43+/m1/s1. The molecule has 2 saturated heterocycles. The molecular formula is C50H63N7O9. The number of imidazole rings is 1. The van der Waals surface area contributed by atoms with Gasteiger partial charge in [0.2, 0.25) is 5.91 Å². The summed E-state index contributed by atoms with van der Waals surface area (Å²) in [6, 6.07) is 18.3. The highest BCUT2D eigenvalue weighted by atomic mass is 16.5. The molecule has 5 atom stereocenters. The predicted octanol–water partition coefficient (Wildman–Crippen LogP) is 8.52. The van der Waals surface area contributed by atoms with Gasteiger partial charge in [0.05, 0.1) is 31.1 Å². The number of anilines is 1. The monoisotopic (exact) mass is 905 g/mol. The Morgan fingerprint density at radius 2 is 1.58 bits per heavy atom. The third-order valence-electron chi connectivity index (χ3n) is 13.8. The number of hydrogen-bond acceptors (Lipinski definition) is 8. The number of ether oxygens (including phenoxy) is 1. The molecule has 3 heterocycles. The normalized spacial score (nSPS) is 19.2. The number of nitrogens with one attached hydrogen (secondary N) is 2. The molecule has 0 bridgehead atoms. The third kappa shape index (κ3) is 9.07. The van der Waals surface area contributed by atoms with Crippen LogP contribution < -0.4 is 10.2 Å². The van der Waals surface area contributed by atoms with E-state index in [1.807, 2.05) is 26.0 Å². The lowest BCUT2D eigenvalue weighted by Gasteiger charge is -2.36. The number of H-pyrrole nitrogens is 1. The number of amides is 5. The van der Waals surface area contributed by atoms with Crippen molar-refractivity contribution in [3.05, 3.63) is 95.4 Å². The van der Waals surface area contributed by atoms with Crippen LogP contribution in [0.2, 0.25) is 0 Å². The van der Waals surface area contributed by atoms with Gasteiger partial charge in [0.25, 0.3) is 5.91 Å². The molecule has 2 fully saturated rings. The van der Waals surface area contributed by atoms with Crippen molar-refractivity contribution in [3.8, 4) is 22.4 Å². The highest BCUT2D eigenvalue weighted by Gasteiger charge is 2.47. The van der Waals surface area contributed by atoms with Crippen molar-refractivity contribution in [3.63, 3.8) is 0 Å². The zero-order valence-corrected chi connectivity index (χ0v) is 38.7. The second-order valence-corrected chi connectivity index (χ2v) is 18.2. The van der Waals surface area contributed by atoms with Gasteiger partial charge in [0, 0.05) is 37.7 Å². The lowest BCUT2D eigenvalue weighted by Crippen LogP contribution is -2.53. The lowest BCUT2D eigenvalue weighted by atomic mass is 9.70. The van der Waals surface area contributed by atoms with Crippen molar-refractivity contribution >= 4 is 35.8 Å². The van der Waals surface area contributed by atoms with Gasteiger partial charge in [0.15, 0.2) is 0 Å². The van der Waals surface area contributed by atoms with Gasteiger partial charge in [-0.25, -0.2) is 19.4 Å². The number of fused-ring (bicyclic) bond motifs is 3. The number of likely N-dealkylation sites (tertiary alicyclic amines) is 2. The highest BCUT2D eigenvalue weighted by Crippen LogP contribution is 2.56. The average Bonchev–Trinajstić information content (AvgIpc) is 4.12. The molecule has 4 aromatic rings. The Morgan fingerprint density at radius 1 is 0.909 bits per heavy atom. The molecule has 0 unspecified atom stereocenters. The van der Waals surface area contributed by atoms with Crippen LogP contribution in [-0.4, -0.2) is 116 Å². The Balaban J connectivity index is 1.25. The molecule has 1 aliphatic carbocycles. The first-order valence-corrected chi connectivity index (χ1v) is 23.2. The number of aliphatic hydroxyl groups excluding tert-OH is 1. The number of benzene rings is 3. The molecular weight excluding hydrogens is 843 g/mol. The van der Waals surface area contributed by atoms with E-state index in [0.29, 0.717) is 30.0 Å².